The molecule has 2 amide bonds. The average Bonchev–Trinajstić information content (AvgIpc) is 2.50. The number of terminal acetylenes is 1. The maximum Gasteiger partial charge on any atom is 0.326 e. The van der Waals surface area contributed by atoms with E-state index in [1.54, 1.807) is 0 Å². The van der Waals surface area contributed by atoms with Gasteiger partial charge in [0.1, 0.15) is 6.04 Å². The summed E-state index contributed by atoms with van der Waals surface area (Å²) < 4.78 is 0. The van der Waals surface area contributed by atoms with Crippen LogP contribution in [-0.2, 0) is 17.8 Å². The van der Waals surface area contributed by atoms with Crippen LogP contribution in [0.2, 0.25) is 0 Å². The van der Waals surface area contributed by atoms with Crippen LogP contribution in [0.4, 0.5) is 4.79 Å². The molecule has 0 unspecified atom stereocenters. The number of carboxylic acids is 1. The van der Waals surface area contributed by atoms with E-state index in [4.69, 9.17) is 6.42 Å². The van der Waals surface area contributed by atoms with E-state index >= 15 is 0 Å². The lowest BCUT2D eigenvalue weighted by Crippen LogP contribution is -2.52. The Morgan fingerprint density at radius 3 is 2.76 bits per heavy atom. The van der Waals surface area contributed by atoms with Crippen LogP contribution in [0.15, 0.2) is 24.3 Å². The third-order valence-electron chi connectivity index (χ3n) is 3.57. The summed E-state index contributed by atoms with van der Waals surface area (Å²) in [6.45, 7) is 0.766. The summed E-state index contributed by atoms with van der Waals surface area (Å²) in [6.07, 6.45) is 6.76. The van der Waals surface area contributed by atoms with Gasteiger partial charge in [0.15, 0.2) is 0 Å². The zero-order valence-electron chi connectivity index (χ0n) is 11.7. The highest BCUT2D eigenvalue weighted by molar-refractivity contribution is 5.83. The number of rotatable bonds is 4. The molecule has 21 heavy (non-hydrogen) atoms. The van der Waals surface area contributed by atoms with E-state index in [1.165, 1.54) is 4.90 Å². The Balaban J connectivity index is 2.08. The fourth-order valence-corrected chi connectivity index (χ4v) is 2.44. The van der Waals surface area contributed by atoms with Crippen molar-refractivity contribution >= 4 is 12.0 Å². The minimum absolute atomic E-state index is 0.314. The van der Waals surface area contributed by atoms with Gasteiger partial charge in [0.25, 0.3) is 0 Å². The van der Waals surface area contributed by atoms with Crippen molar-refractivity contribution in [1.29, 1.82) is 0 Å². The van der Waals surface area contributed by atoms with E-state index in [2.05, 4.69) is 11.2 Å². The first-order chi connectivity index (χ1) is 10.1. The van der Waals surface area contributed by atoms with Crippen LogP contribution in [0, 0.1) is 12.3 Å². The van der Waals surface area contributed by atoms with Gasteiger partial charge in [-0.1, -0.05) is 24.3 Å². The molecule has 0 fully saturated rings. The Morgan fingerprint density at radius 2 is 2.10 bits per heavy atom. The first kappa shape index (κ1) is 14.9. The molecule has 0 bridgehead atoms. The number of hydrogen-bond donors (Lipinski definition) is 2. The molecule has 2 rings (SSSR count). The average molecular weight is 286 g/mol. The number of fused-ring (bicyclic) bond motifs is 1. The minimum Gasteiger partial charge on any atom is -0.480 e. The number of nitrogens with one attached hydrogen (secondary N) is 1. The largest absolute Gasteiger partial charge is 0.480 e. The van der Waals surface area contributed by atoms with Gasteiger partial charge in [-0.2, -0.15) is 0 Å². The van der Waals surface area contributed by atoms with Gasteiger partial charge in [0.2, 0.25) is 0 Å². The van der Waals surface area contributed by atoms with Crippen molar-refractivity contribution in [2.45, 2.75) is 31.8 Å². The molecule has 2 N–H and O–H groups in total. The second-order valence-corrected chi connectivity index (χ2v) is 4.99. The number of amides is 2. The molecule has 5 nitrogen and oxygen atoms in total. The number of carbonyl (C=O) groups is 2. The summed E-state index contributed by atoms with van der Waals surface area (Å²) in [5, 5.41) is 12.1. The van der Waals surface area contributed by atoms with Gasteiger partial charge in [0, 0.05) is 25.9 Å². The highest BCUT2D eigenvalue weighted by atomic mass is 16.4. The number of unbranched alkanes of at least 4 members (excludes halogenated alkanes) is 1. The van der Waals surface area contributed by atoms with Crippen LogP contribution in [0.25, 0.3) is 0 Å². The molecule has 0 spiro atoms. The van der Waals surface area contributed by atoms with Gasteiger partial charge in [-0.3, -0.25) is 0 Å². The lowest BCUT2D eigenvalue weighted by molar-refractivity contribution is -0.142. The van der Waals surface area contributed by atoms with Crippen molar-refractivity contribution < 1.29 is 14.7 Å². The van der Waals surface area contributed by atoms with Crippen molar-refractivity contribution in [3.63, 3.8) is 0 Å². The SMILES string of the molecule is C#CCCCNC(=O)N1Cc2ccccc2C[C@@H]1C(=O)O. The van der Waals surface area contributed by atoms with Gasteiger partial charge < -0.3 is 15.3 Å². The van der Waals surface area contributed by atoms with E-state index in [9.17, 15) is 14.7 Å². The number of carboxylic acid groups (broad SMARTS) is 1. The topological polar surface area (TPSA) is 69.6 Å². The third-order valence-corrected chi connectivity index (χ3v) is 3.57. The first-order valence-electron chi connectivity index (χ1n) is 6.91. The molecule has 1 atom stereocenters. The molecule has 0 saturated heterocycles. The van der Waals surface area contributed by atoms with Gasteiger partial charge in [-0.05, 0) is 17.5 Å². The number of benzene rings is 1. The summed E-state index contributed by atoms with van der Waals surface area (Å²) in [5.74, 6) is 1.52. The normalized spacial score (nSPS) is 16.7. The molecule has 0 aliphatic carbocycles. The zero-order chi connectivity index (χ0) is 15.2. The summed E-state index contributed by atoms with van der Waals surface area (Å²) in [4.78, 5) is 25.0. The Kier molecular flexibility index (Phi) is 4.83. The van der Waals surface area contributed by atoms with Crippen LogP contribution >= 0.6 is 0 Å². The molecule has 1 heterocycles. The highest BCUT2D eigenvalue weighted by Gasteiger charge is 2.34. The molecule has 0 saturated carbocycles. The van der Waals surface area contributed by atoms with E-state index in [-0.39, 0.29) is 6.03 Å². The molecule has 5 heteroatoms. The van der Waals surface area contributed by atoms with E-state index in [0.29, 0.717) is 32.4 Å². The predicted octanol–water partition coefficient (Wildman–Crippen LogP) is 1.62. The maximum absolute atomic E-state index is 12.2. The highest BCUT2D eigenvalue weighted by Crippen LogP contribution is 2.23. The number of nitrogens with zero attached hydrogens (tertiary/aromatic N) is 1. The molecule has 1 aliphatic heterocycles. The molecule has 1 aliphatic rings. The molecular weight excluding hydrogens is 268 g/mol. The van der Waals surface area contributed by atoms with Crippen molar-refractivity contribution in [3.05, 3.63) is 35.4 Å². The number of aliphatic carboxylic acids is 1. The Morgan fingerprint density at radius 1 is 1.38 bits per heavy atom. The Bertz CT molecular complexity index is 577. The van der Waals surface area contributed by atoms with Gasteiger partial charge in [-0.15, -0.1) is 12.3 Å². The third kappa shape index (κ3) is 3.54. The predicted molar refractivity (Wildman–Crippen MR) is 78.6 cm³/mol. The fourth-order valence-electron chi connectivity index (χ4n) is 2.44. The second kappa shape index (κ2) is 6.80. The first-order valence-corrected chi connectivity index (χ1v) is 6.91. The van der Waals surface area contributed by atoms with Crippen molar-refractivity contribution in [2.75, 3.05) is 6.54 Å². The second-order valence-electron chi connectivity index (χ2n) is 4.99. The van der Waals surface area contributed by atoms with Crippen molar-refractivity contribution in [1.82, 2.24) is 10.2 Å². The minimum atomic E-state index is -0.983. The summed E-state index contributed by atoms with van der Waals surface area (Å²) in [5.41, 5.74) is 1.98. The molecule has 110 valence electrons. The number of hydrogen-bond acceptors (Lipinski definition) is 2. The summed E-state index contributed by atoms with van der Waals surface area (Å²) >= 11 is 0. The van der Waals surface area contributed by atoms with Gasteiger partial charge in [-0.25, -0.2) is 9.59 Å². The number of urea groups is 1. The Hall–Kier alpha value is -2.48. The standard InChI is InChI=1S/C16H18N2O3/c1-2-3-6-9-17-16(21)18-11-13-8-5-4-7-12(13)10-14(18)15(19)20/h1,4-5,7-8,14H,3,6,9-11H2,(H,17,21)(H,19,20)/t14-/m1/s1. The monoisotopic (exact) mass is 286 g/mol. The maximum atomic E-state index is 12.2. The number of carbonyl (C=O) groups excluding carboxylic acids is 1. The van der Waals surface area contributed by atoms with Crippen LogP contribution in [0.3, 0.4) is 0 Å². The van der Waals surface area contributed by atoms with Crippen LogP contribution in [-0.4, -0.2) is 34.6 Å². The lowest BCUT2D eigenvalue weighted by Gasteiger charge is -2.34. The molecular formula is C16H18N2O3. The Labute approximate surface area is 124 Å². The molecule has 0 aromatic heterocycles. The van der Waals surface area contributed by atoms with Crippen LogP contribution in [0.1, 0.15) is 24.0 Å². The summed E-state index contributed by atoms with van der Waals surface area (Å²) in [7, 11) is 0. The molecule has 0 radical (unpaired) electrons. The zero-order valence-corrected chi connectivity index (χ0v) is 11.7. The van der Waals surface area contributed by atoms with E-state index < -0.39 is 12.0 Å². The van der Waals surface area contributed by atoms with Gasteiger partial charge >= 0.3 is 12.0 Å². The fraction of sp³-hybridized carbons (Fsp3) is 0.375. The van der Waals surface area contributed by atoms with Crippen molar-refractivity contribution in [3.8, 4) is 12.3 Å². The van der Waals surface area contributed by atoms with Gasteiger partial charge in [0.05, 0.1) is 0 Å². The molecule has 1 aromatic carbocycles. The van der Waals surface area contributed by atoms with E-state index in [1.807, 2.05) is 24.3 Å². The quantitative estimate of drug-likeness (QED) is 0.653. The lowest BCUT2D eigenvalue weighted by atomic mass is 9.94. The van der Waals surface area contributed by atoms with Crippen LogP contribution < -0.4 is 5.32 Å². The van der Waals surface area contributed by atoms with E-state index in [0.717, 1.165) is 11.1 Å². The van der Waals surface area contributed by atoms with Crippen LogP contribution in [0.5, 0.6) is 0 Å². The molecule has 1 aromatic rings. The van der Waals surface area contributed by atoms with Crippen molar-refractivity contribution in [2.24, 2.45) is 0 Å². The smallest absolute Gasteiger partial charge is 0.326 e. The summed E-state index contributed by atoms with van der Waals surface area (Å²) in [6, 6.07) is 6.43.